The third kappa shape index (κ3) is 3.00. The van der Waals surface area contributed by atoms with Crippen molar-refractivity contribution in [3.63, 3.8) is 0 Å². The topological polar surface area (TPSA) is 49.0 Å². The monoisotopic (exact) mass is 371 g/mol. The van der Waals surface area contributed by atoms with Gasteiger partial charge in [0, 0.05) is 18.1 Å². The summed E-state index contributed by atoms with van der Waals surface area (Å²) in [5.74, 6) is 0.624. The summed E-state index contributed by atoms with van der Waals surface area (Å²) in [4.78, 5) is 20.1. The third-order valence-corrected chi connectivity index (χ3v) is 3.66. The molecule has 0 bridgehead atoms. The highest BCUT2D eigenvalue weighted by Crippen LogP contribution is 2.20. The highest BCUT2D eigenvalue weighted by atomic mass is 79.9. The number of aromatic amines is 1. The maximum absolute atomic E-state index is 11.5. The summed E-state index contributed by atoms with van der Waals surface area (Å²) in [5.41, 5.74) is 0.960. The molecule has 94 valence electrons. The lowest BCUT2D eigenvalue weighted by atomic mass is 10.2. The van der Waals surface area contributed by atoms with Gasteiger partial charge in [0.25, 0.3) is 5.56 Å². The first-order valence-electron chi connectivity index (χ1n) is 5.26. The van der Waals surface area contributed by atoms with Gasteiger partial charge in [0.2, 0.25) is 0 Å². The first kappa shape index (κ1) is 13.3. The molecule has 0 aliphatic rings. The van der Waals surface area contributed by atoms with E-state index in [0.29, 0.717) is 16.8 Å². The Kier molecular flexibility index (Phi) is 4.19. The van der Waals surface area contributed by atoms with Crippen LogP contribution in [0.25, 0.3) is 0 Å². The summed E-state index contributed by atoms with van der Waals surface area (Å²) in [5, 5.41) is 0. The number of aromatic nitrogens is 2. The second kappa shape index (κ2) is 5.67. The fourth-order valence-electron chi connectivity index (χ4n) is 1.62. The van der Waals surface area contributed by atoms with Gasteiger partial charge in [-0.05, 0) is 33.6 Å². The predicted octanol–water partition coefficient (Wildman–Crippen LogP) is 2.93. The van der Waals surface area contributed by atoms with Crippen molar-refractivity contribution in [2.24, 2.45) is 0 Å². The Morgan fingerprint density at radius 1 is 1.39 bits per heavy atom. The zero-order valence-electron chi connectivity index (χ0n) is 9.65. The van der Waals surface area contributed by atoms with Gasteiger partial charge in [-0.1, -0.05) is 28.1 Å². The number of nitrogens with one attached hydrogen (secondary N) is 1. The number of benzene rings is 1. The minimum atomic E-state index is -0.180. The molecule has 0 fully saturated rings. The Morgan fingerprint density at radius 3 is 2.89 bits per heavy atom. The Hall–Kier alpha value is -1.14. The summed E-state index contributed by atoms with van der Waals surface area (Å²) in [6, 6.07) is 8.03. The van der Waals surface area contributed by atoms with Gasteiger partial charge in [-0.2, -0.15) is 0 Å². The van der Waals surface area contributed by atoms with Crippen LogP contribution < -0.4 is 10.5 Å². The van der Waals surface area contributed by atoms with Gasteiger partial charge >= 0.3 is 0 Å². The molecule has 1 aromatic heterocycles. The molecule has 2 aromatic rings. The highest BCUT2D eigenvalue weighted by molar-refractivity contribution is 9.10. The van der Waals surface area contributed by atoms with Crippen LogP contribution in [0.15, 0.2) is 44.3 Å². The normalized spacial score (nSPS) is 10.4. The van der Waals surface area contributed by atoms with E-state index in [1.807, 2.05) is 36.2 Å². The Balaban J connectivity index is 2.25. The first-order valence-corrected chi connectivity index (χ1v) is 6.85. The molecule has 0 unspecified atom stereocenters. The number of halogens is 2. The molecule has 0 saturated carbocycles. The van der Waals surface area contributed by atoms with Gasteiger partial charge in [-0.3, -0.25) is 4.79 Å². The van der Waals surface area contributed by atoms with E-state index < -0.39 is 0 Å². The molecule has 0 aliphatic carbocycles. The second-order valence-corrected chi connectivity index (χ2v) is 5.56. The van der Waals surface area contributed by atoms with Gasteiger partial charge in [0.15, 0.2) is 0 Å². The van der Waals surface area contributed by atoms with E-state index in [2.05, 4.69) is 41.8 Å². The zero-order valence-corrected chi connectivity index (χ0v) is 12.8. The Labute approximate surface area is 121 Å². The molecule has 0 atom stereocenters. The van der Waals surface area contributed by atoms with E-state index in [9.17, 15) is 4.79 Å². The number of anilines is 1. The predicted molar refractivity (Wildman–Crippen MR) is 78.8 cm³/mol. The number of H-pyrrole nitrogens is 1. The standard InChI is InChI=1S/C12H11Br2N3O/c1-17(6-8-3-2-4-9(13)5-8)11-10(14)12(18)16-7-15-11/h2-5,7H,6H2,1H3,(H,15,16,18). The van der Waals surface area contributed by atoms with Crippen molar-refractivity contribution >= 4 is 37.7 Å². The lowest BCUT2D eigenvalue weighted by molar-refractivity contribution is 0.880. The second-order valence-electron chi connectivity index (χ2n) is 3.86. The molecule has 0 radical (unpaired) electrons. The first-order chi connectivity index (χ1) is 8.58. The van der Waals surface area contributed by atoms with Crippen LogP contribution in [0.4, 0.5) is 5.82 Å². The lowest BCUT2D eigenvalue weighted by Crippen LogP contribution is -2.21. The molecule has 1 aromatic carbocycles. The van der Waals surface area contributed by atoms with E-state index >= 15 is 0 Å². The summed E-state index contributed by atoms with van der Waals surface area (Å²) in [6.07, 6.45) is 1.40. The van der Waals surface area contributed by atoms with Crippen LogP contribution in [0.3, 0.4) is 0 Å². The quantitative estimate of drug-likeness (QED) is 0.901. The third-order valence-electron chi connectivity index (χ3n) is 2.45. The van der Waals surface area contributed by atoms with Crippen LogP contribution in [-0.4, -0.2) is 17.0 Å². The van der Waals surface area contributed by atoms with Crippen molar-refractivity contribution in [3.8, 4) is 0 Å². The van der Waals surface area contributed by atoms with Crippen molar-refractivity contribution in [2.75, 3.05) is 11.9 Å². The van der Waals surface area contributed by atoms with E-state index in [1.165, 1.54) is 6.33 Å². The summed E-state index contributed by atoms with van der Waals surface area (Å²) in [7, 11) is 1.90. The van der Waals surface area contributed by atoms with Crippen molar-refractivity contribution in [3.05, 3.63) is 55.5 Å². The lowest BCUT2D eigenvalue weighted by Gasteiger charge is -2.18. The molecule has 1 heterocycles. The molecule has 6 heteroatoms. The van der Waals surface area contributed by atoms with Crippen molar-refractivity contribution < 1.29 is 0 Å². The largest absolute Gasteiger partial charge is 0.354 e. The van der Waals surface area contributed by atoms with Gasteiger partial charge in [0.1, 0.15) is 10.3 Å². The average molecular weight is 373 g/mol. The molecule has 2 rings (SSSR count). The van der Waals surface area contributed by atoms with Gasteiger partial charge in [-0.25, -0.2) is 4.98 Å². The van der Waals surface area contributed by atoms with Gasteiger partial charge in [-0.15, -0.1) is 0 Å². The van der Waals surface area contributed by atoms with E-state index in [0.717, 1.165) is 10.0 Å². The van der Waals surface area contributed by atoms with Crippen molar-refractivity contribution in [1.82, 2.24) is 9.97 Å². The molecule has 18 heavy (non-hydrogen) atoms. The van der Waals surface area contributed by atoms with Crippen LogP contribution in [-0.2, 0) is 6.54 Å². The van der Waals surface area contributed by atoms with E-state index in [4.69, 9.17) is 0 Å². The summed E-state index contributed by atoms with van der Waals surface area (Å²) >= 11 is 6.69. The molecule has 0 spiro atoms. The Bertz CT molecular complexity index is 612. The number of hydrogen-bond acceptors (Lipinski definition) is 3. The SMILES string of the molecule is CN(Cc1cccc(Br)c1)c1nc[nH]c(=O)c1Br. The Morgan fingerprint density at radius 2 is 2.17 bits per heavy atom. The molecular formula is C12H11Br2N3O. The fraction of sp³-hybridized carbons (Fsp3) is 0.167. The van der Waals surface area contributed by atoms with Crippen LogP contribution in [0.2, 0.25) is 0 Å². The van der Waals surface area contributed by atoms with Crippen LogP contribution >= 0.6 is 31.9 Å². The van der Waals surface area contributed by atoms with Gasteiger partial charge in [0.05, 0.1) is 6.33 Å². The van der Waals surface area contributed by atoms with Crippen molar-refractivity contribution in [2.45, 2.75) is 6.54 Å². The molecule has 0 amide bonds. The molecular weight excluding hydrogens is 362 g/mol. The molecule has 1 N–H and O–H groups in total. The van der Waals surface area contributed by atoms with Crippen LogP contribution in [0.5, 0.6) is 0 Å². The summed E-state index contributed by atoms with van der Waals surface area (Å²) < 4.78 is 1.48. The number of nitrogens with zero attached hydrogens (tertiary/aromatic N) is 2. The van der Waals surface area contributed by atoms with E-state index in [1.54, 1.807) is 0 Å². The van der Waals surface area contributed by atoms with Crippen LogP contribution in [0, 0.1) is 0 Å². The highest BCUT2D eigenvalue weighted by Gasteiger charge is 2.10. The van der Waals surface area contributed by atoms with E-state index in [-0.39, 0.29) is 5.56 Å². The maximum Gasteiger partial charge on any atom is 0.267 e. The van der Waals surface area contributed by atoms with Gasteiger partial charge < -0.3 is 9.88 Å². The molecule has 0 aliphatic heterocycles. The molecule has 0 saturated heterocycles. The minimum Gasteiger partial charge on any atom is -0.354 e. The fourth-order valence-corrected chi connectivity index (χ4v) is 2.59. The summed E-state index contributed by atoms with van der Waals surface area (Å²) in [6.45, 7) is 0.675. The number of hydrogen-bond donors (Lipinski definition) is 1. The average Bonchev–Trinajstić information content (AvgIpc) is 2.32. The minimum absolute atomic E-state index is 0.180. The van der Waals surface area contributed by atoms with Crippen molar-refractivity contribution in [1.29, 1.82) is 0 Å². The van der Waals surface area contributed by atoms with Crippen LogP contribution in [0.1, 0.15) is 5.56 Å². The molecule has 4 nitrogen and oxygen atoms in total. The number of rotatable bonds is 3. The smallest absolute Gasteiger partial charge is 0.267 e. The zero-order chi connectivity index (χ0) is 13.1. The maximum atomic E-state index is 11.5.